The van der Waals surface area contributed by atoms with Crippen LogP contribution in [0.15, 0.2) is 122 Å². The zero-order chi connectivity index (χ0) is 31.9. The third-order valence-corrected chi connectivity index (χ3v) is 8.21. The molecule has 0 saturated heterocycles. The minimum atomic E-state index is -0.158. The summed E-state index contributed by atoms with van der Waals surface area (Å²) in [6.45, 7) is 8.67. The van der Waals surface area contributed by atoms with E-state index in [0.717, 1.165) is 69.8 Å². The van der Waals surface area contributed by atoms with E-state index in [2.05, 4.69) is 113 Å². The first-order chi connectivity index (χ1) is 22.5. The number of pyridine rings is 6. The van der Waals surface area contributed by atoms with Crippen molar-refractivity contribution in [3.63, 3.8) is 0 Å². The van der Waals surface area contributed by atoms with Crippen LogP contribution in [0.2, 0.25) is 0 Å². The number of hydrogen-bond acceptors (Lipinski definition) is 6. The summed E-state index contributed by atoms with van der Waals surface area (Å²) in [7, 11) is 0. The van der Waals surface area contributed by atoms with Crippen LogP contribution in [0.4, 0.5) is 0 Å². The lowest BCUT2D eigenvalue weighted by atomic mass is 9.94. The standard InChI is InChI=1S/C40H40N6/c1-27(2)31-17-11-21-37(45-31)39(33-15-5-7-25-41-33)35-19-9-13-29(43-35)23-24-30-14-10-20-36(44-30)40(34-16-6-8-26-42-34)38-22-12-18-32(46-38)28(3)4/h5-22,25-28,39-40H,23-24H2,1-4H3. The van der Waals surface area contributed by atoms with Crippen molar-refractivity contribution >= 4 is 0 Å². The van der Waals surface area contributed by atoms with E-state index in [0.29, 0.717) is 11.8 Å². The maximum Gasteiger partial charge on any atom is 0.0858 e. The van der Waals surface area contributed by atoms with Gasteiger partial charge in [-0.15, -0.1) is 0 Å². The quantitative estimate of drug-likeness (QED) is 0.148. The van der Waals surface area contributed by atoms with Gasteiger partial charge in [-0.3, -0.25) is 29.9 Å². The number of rotatable bonds is 11. The largest absolute Gasteiger partial charge is 0.260 e. The molecule has 6 heterocycles. The maximum absolute atomic E-state index is 5.17. The smallest absolute Gasteiger partial charge is 0.0858 e. The molecule has 0 bridgehead atoms. The summed E-state index contributed by atoms with van der Waals surface area (Å²) in [5, 5.41) is 0. The molecule has 0 spiro atoms. The Balaban J connectivity index is 1.29. The SMILES string of the molecule is CC(C)c1cccc(C(c2ccccn2)c2cccc(CCc3cccc(C(c4ccccn4)c4cccc(C(C)C)n4)n3)n2)n1. The summed E-state index contributed by atoms with van der Waals surface area (Å²) in [6, 6.07) is 37.1. The topological polar surface area (TPSA) is 77.3 Å². The molecule has 0 aliphatic carbocycles. The molecule has 0 amide bonds. The monoisotopic (exact) mass is 604 g/mol. The Morgan fingerprint density at radius 3 is 1.09 bits per heavy atom. The van der Waals surface area contributed by atoms with E-state index in [4.69, 9.17) is 29.9 Å². The number of aromatic nitrogens is 6. The van der Waals surface area contributed by atoms with E-state index in [1.807, 2.05) is 36.7 Å². The van der Waals surface area contributed by atoms with E-state index in [-0.39, 0.29) is 11.8 Å². The van der Waals surface area contributed by atoms with Gasteiger partial charge in [0, 0.05) is 35.2 Å². The summed E-state index contributed by atoms with van der Waals surface area (Å²) in [4.78, 5) is 29.9. The Morgan fingerprint density at radius 1 is 0.370 bits per heavy atom. The van der Waals surface area contributed by atoms with Crippen molar-refractivity contribution in [3.8, 4) is 0 Å². The van der Waals surface area contributed by atoms with Crippen LogP contribution in [0, 0.1) is 0 Å². The van der Waals surface area contributed by atoms with Crippen LogP contribution in [0.3, 0.4) is 0 Å². The van der Waals surface area contributed by atoms with Crippen LogP contribution >= 0.6 is 0 Å². The molecule has 0 fully saturated rings. The van der Waals surface area contributed by atoms with Gasteiger partial charge in [0.25, 0.3) is 0 Å². The molecule has 46 heavy (non-hydrogen) atoms. The molecule has 0 aromatic carbocycles. The Hall–Kier alpha value is -5.10. The molecule has 2 unspecified atom stereocenters. The van der Waals surface area contributed by atoms with Crippen molar-refractivity contribution in [2.24, 2.45) is 0 Å². The molecular weight excluding hydrogens is 564 g/mol. The molecule has 6 rings (SSSR count). The van der Waals surface area contributed by atoms with Crippen molar-refractivity contribution in [3.05, 3.63) is 179 Å². The van der Waals surface area contributed by atoms with Gasteiger partial charge in [0.2, 0.25) is 0 Å². The third-order valence-electron chi connectivity index (χ3n) is 8.21. The highest BCUT2D eigenvalue weighted by atomic mass is 14.8. The normalized spacial score (nSPS) is 12.7. The van der Waals surface area contributed by atoms with Gasteiger partial charge in [-0.25, -0.2) is 0 Å². The molecule has 0 saturated carbocycles. The van der Waals surface area contributed by atoms with Crippen molar-refractivity contribution in [2.75, 3.05) is 0 Å². The molecule has 0 N–H and O–H groups in total. The lowest BCUT2D eigenvalue weighted by Gasteiger charge is -2.19. The van der Waals surface area contributed by atoms with Gasteiger partial charge in [0.15, 0.2) is 0 Å². The second-order valence-electron chi connectivity index (χ2n) is 12.3. The molecule has 6 heteroatoms. The fourth-order valence-corrected chi connectivity index (χ4v) is 5.76. The number of aryl methyl sites for hydroxylation is 2. The fourth-order valence-electron chi connectivity index (χ4n) is 5.76. The predicted octanol–water partition coefficient (Wildman–Crippen LogP) is 8.45. The van der Waals surface area contributed by atoms with Gasteiger partial charge in [-0.1, -0.05) is 64.1 Å². The van der Waals surface area contributed by atoms with Crippen LogP contribution in [-0.4, -0.2) is 29.9 Å². The van der Waals surface area contributed by atoms with Crippen molar-refractivity contribution in [2.45, 2.75) is 64.2 Å². The summed E-state index contributed by atoms with van der Waals surface area (Å²) in [5.41, 5.74) is 9.83. The zero-order valence-corrected chi connectivity index (χ0v) is 27.0. The van der Waals surface area contributed by atoms with Crippen molar-refractivity contribution in [1.82, 2.24) is 29.9 Å². The molecule has 6 aromatic rings. The van der Waals surface area contributed by atoms with E-state index in [1.54, 1.807) is 0 Å². The van der Waals surface area contributed by atoms with E-state index in [9.17, 15) is 0 Å². The molecule has 0 aliphatic heterocycles. The second-order valence-corrected chi connectivity index (χ2v) is 12.3. The first-order valence-electron chi connectivity index (χ1n) is 16.1. The molecule has 2 atom stereocenters. The van der Waals surface area contributed by atoms with Gasteiger partial charge >= 0.3 is 0 Å². The van der Waals surface area contributed by atoms with Crippen LogP contribution < -0.4 is 0 Å². The van der Waals surface area contributed by atoms with Gasteiger partial charge in [0.1, 0.15) is 0 Å². The molecular formula is C40H40N6. The highest BCUT2D eigenvalue weighted by Gasteiger charge is 2.23. The van der Waals surface area contributed by atoms with E-state index < -0.39 is 0 Å². The van der Waals surface area contributed by atoms with Crippen LogP contribution in [0.5, 0.6) is 0 Å². The lowest BCUT2D eigenvalue weighted by Crippen LogP contribution is -2.12. The number of nitrogens with zero attached hydrogens (tertiary/aromatic N) is 6. The van der Waals surface area contributed by atoms with Gasteiger partial charge in [-0.05, 0) is 97.5 Å². The number of hydrogen-bond donors (Lipinski definition) is 0. The first kappa shape index (κ1) is 30.9. The molecule has 0 aliphatic rings. The zero-order valence-electron chi connectivity index (χ0n) is 27.0. The van der Waals surface area contributed by atoms with Gasteiger partial charge in [0.05, 0.1) is 46.0 Å². The minimum Gasteiger partial charge on any atom is -0.260 e. The Bertz CT molecular complexity index is 1730. The average molecular weight is 605 g/mol. The third kappa shape index (κ3) is 7.23. The average Bonchev–Trinajstić information content (AvgIpc) is 3.09. The molecule has 6 aromatic heterocycles. The van der Waals surface area contributed by atoms with Crippen molar-refractivity contribution in [1.29, 1.82) is 0 Å². The molecule has 230 valence electrons. The minimum absolute atomic E-state index is 0.158. The maximum atomic E-state index is 5.17. The summed E-state index contributed by atoms with van der Waals surface area (Å²) >= 11 is 0. The second kappa shape index (κ2) is 14.3. The van der Waals surface area contributed by atoms with Crippen LogP contribution in [0.1, 0.15) is 108 Å². The van der Waals surface area contributed by atoms with E-state index in [1.165, 1.54) is 0 Å². The van der Waals surface area contributed by atoms with Crippen molar-refractivity contribution < 1.29 is 0 Å². The summed E-state index contributed by atoms with van der Waals surface area (Å²) < 4.78 is 0. The Labute approximate surface area is 272 Å². The molecule has 0 radical (unpaired) electrons. The van der Waals surface area contributed by atoms with E-state index >= 15 is 0 Å². The highest BCUT2D eigenvalue weighted by Crippen LogP contribution is 2.31. The Morgan fingerprint density at radius 2 is 0.717 bits per heavy atom. The van der Waals surface area contributed by atoms with Gasteiger partial charge in [-0.2, -0.15) is 0 Å². The summed E-state index contributed by atoms with van der Waals surface area (Å²) in [5.74, 6) is 0.349. The highest BCUT2D eigenvalue weighted by molar-refractivity contribution is 5.37. The fraction of sp³-hybridized carbons (Fsp3) is 0.250. The molecule has 6 nitrogen and oxygen atoms in total. The van der Waals surface area contributed by atoms with Crippen LogP contribution in [-0.2, 0) is 12.8 Å². The summed E-state index contributed by atoms with van der Waals surface area (Å²) in [6.07, 6.45) is 5.19. The first-order valence-corrected chi connectivity index (χ1v) is 16.1. The van der Waals surface area contributed by atoms with Crippen LogP contribution in [0.25, 0.3) is 0 Å². The lowest BCUT2D eigenvalue weighted by molar-refractivity contribution is 0.762. The Kier molecular flexibility index (Phi) is 9.63. The predicted molar refractivity (Wildman–Crippen MR) is 183 cm³/mol. The van der Waals surface area contributed by atoms with Gasteiger partial charge < -0.3 is 0 Å².